The van der Waals surface area contributed by atoms with E-state index < -0.39 is 11.7 Å². The van der Waals surface area contributed by atoms with Crippen LogP contribution in [0.2, 0.25) is 0 Å². The molecule has 1 aromatic carbocycles. The minimum Gasteiger partial charge on any atom is -0.329 e. The Morgan fingerprint density at radius 2 is 1.95 bits per heavy atom. The molecule has 8 heteroatoms. The predicted molar refractivity (Wildman–Crippen MR) is 77.5 cm³/mol. The Bertz CT molecular complexity index is 709. The van der Waals surface area contributed by atoms with Gasteiger partial charge in [0.05, 0.1) is 17.8 Å². The molecule has 2 aromatic rings. The molecule has 0 bridgehead atoms. The van der Waals surface area contributed by atoms with Crippen LogP contribution in [0.1, 0.15) is 16.8 Å². The predicted octanol–water partition coefficient (Wildman–Crippen LogP) is 3.50. The number of aromatic nitrogens is 2. The number of H-pyrrole nitrogens is 1. The zero-order chi connectivity index (χ0) is 15.9. The van der Waals surface area contributed by atoms with Crippen LogP contribution in [0.25, 0.3) is 11.3 Å². The van der Waals surface area contributed by atoms with Crippen molar-refractivity contribution < 1.29 is 18.0 Å². The van der Waals surface area contributed by atoms with E-state index in [4.69, 9.17) is 0 Å². The van der Waals surface area contributed by atoms with E-state index in [1.807, 2.05) is 0 Å². The van der Waals surface area contributed by atoms with Crippen molar-refractivity contribution in [2.24, 2.45) is 0 Å². The molecule has 1 aromatic heterocycles. The highest BCUT2D eigenvalue weighted by Crippen LogP contribution is 2.33. The minimum absolute atomic E-state index is 0.329. The summed E-state index contributed by atoms with van der Waals surface area (Å²) < 4.78 is 37.8. The third-order valence-electron chi connectivity index (χ3n) is 3.69. The Hall–Kier alpha value is -1.96. The lowest BCUT2D eigenvalue weighted by atomic mass is 10.0. The van der Waals surface area contributed by atoms with E-state index in [2.05, 4.69) is 22.8 Å². The van der Waals surface area contributed by atoms with E-state index in [1.165, 1.54) is 12.1 Å². The number of carbonyl (C=O) groups is 1. The highest BCUT2D eigenvalue weighted by Gasteiger charge is 2.30. The monoisotopic (exact) mass is 327 g/mol. The summed E-state index contributed by atoms with van der Waals surface area (Å²) in [6.45, 7) is 0.897. The summed E-state index contributed by atoms with van der Waals surface area (Å²) in [5.74, 6) is 0. The van der Waals surface area contributed by atoms with Gasteiger partial charge in [0.2, 0.25) is 0 Å². The number of thiol groups is 1. The van der Waals surface area contributed by atoms with Crippen LogP contribution in [0.15, 0.2) is 24.3 Å². The van der Waals surface area contributed by atoms with Crippen molar-refractivity contribution >= 4 is 17.9 Å². The van der Waals surface area contributed by atoms with Crippen molar-refractivity contribution in [1.82, 2.24) is 15.1 Å². The average molecular weight is 327 g/mol. The van der Waals surface area contributed by atoms with Crippen LogP contribution in [0, 0.1) is 0 Å². The van der Waals surface area contributed by atoms with E-state index in [9.17, 15) is 18.0 Å². The number of halogens is 3. The summed E-state index contributed by atoms with van der Waals surface area (Å²) in [5.41, 5.74) is 2.18. The molecule has 1 amide bonds. The van der Waals surface area contributed by atoms with Crippen LogP contribution in [0.3, 0.4) is 0 Å². The number of hydrogen-bond acceptors (Lipinski definition) is 2. The topological polar surface area (TPSA) is 49.0 Å². The Labute approximate surface area is 129 Å². The normalized spacial score (nSPS) is 14.8. The maximum Gasteiger partial charge on any atom is 0.416 e. The van der Waals surface area contributed by atoms with Gasteiger partial charge in [-0.1, -0.05) is 24.8 Å². The van der Waals surface area contributed by atoms with E-state index in [-0.39, 0.29) is 5.24 Å². The largest absolute Gasteiger partial charge is 0.416 e. The first-order valence-electron chi connectivity index (χ1n) is 6.58. The van der Waals surface area contributed by atoms with E-state index in [0.29, 0.717) is 30.8 Å². The fourth-order valence-corrected chi connectivity index (χ4v) is 2.68. The molecule has 0 fully saturated rings. The molecule has 0 aliphatic carbocycles. The zero-order valence-corrected chi connectivity index (χ0v) is 12.2. The lowest BCUT2D eigenvalue weighted by Crippen LogP contribution is -2.32. The third-order valence-corrected chi connectivity index (χ3v) is 3.97. The summed E-state index contributed by atoms with van der Waals surface area (Å²) in [6, 6.07) is 4.84. The number of alkyl halides is 3. The van der Waals surface area contributed by atoms with Crippen LogP contribution >= 0.6 is 12.6 Å². The number of rotatable bonds is 1. The Balaban J connectivity index is 1.94. The van der Waals surface area contributed by atoms with E-state index in [0.717, 1.165) is 23.4 Å². The molecule has 1 N–H and O–H groups in total. The molecule has 116 valence electrons. The van der Waals surface area contributed by atoms with Gasteiger partial charge in [-0.05, 0) is 12.1 Å². The molecule has 0 saturated heterocycles. The summed E-state index contributed by atoms with van der Waals surface area (Å²) >= 11 is 3.81. The lowest BCUT2D eigenvalue weighted by molar-refractivity contribution is -0.137. The van der Waals surface area contributed by atoms with Gasteiger partial charge in [-0.15, -0.1) is 0 Å². The summed E-state index contributed by atoms with van der Waals surface area (Å²) in [5, 5.41) is 6.75. The second kappa shape index (κ2) is 5.35. The van der Waals surface area contributed by atoms with Crippen molar-refractivity contribution in [3.63, 3.8) is 0 Å². The molecule has 0 spiro atoms. The second-order valence-electron chi connectivity index (χ2n) is 5.06. The molecule has 2 heterocycles. The summed E-state index contributed by atoms with van der Waals surface area (Å²) in [6.07, 6.45) is -3.74. The molecular formula is C14H12F3N3OS. The van der Waals surface area contributed by atoms with Crippen molar-refractivity contribution in [3.05, 3.63) is 41.1 Å². The lowest BCUT2D eigenvalue weighted by Gasteiger charge is -2.25. The fourth-order valence-electron chi connectivity index (χ4n) is 2.51. The van der Waals surface area contributed by atoms with Gasteiger partial charge in [-0.25, -0.2) is 0 Å². The molecule has 1 aliphatic rings. The quantitative estimate of drug-likeness (QED) is 0.788. The van der Waals surface area contributed by atoms with Crippen molar-refractivity contribution in [1.29, 1.82) is 0 Å². The van der Waals surface area contributed by atoms with Gasteiger partial charge in [-0.3, -0.25) is 9.89 Å². The number of carbonyl (C=O) groups excluding carboxylic acids is 1. The Kier molecular flexibility index (Phi) is 3.64. The first-order chi connectivity index (χ1) is 10.4. The molecule has 3 rings (SSSR count). The van der Waals surface area contributed by atoms with Gasteiger partial charge >= 0.3 is 6.18 Å². The van der Waals surface area contributed by atoms with Gasteiger partial charge in [0.15, 0.2) is 0 Å². The number of nitrogens with one attached hydrogen (secondary N) is 1. The molecule has 0 unspecified atom stereocenters. The first kappa shape index (κ1) is 15.0. The van der Waals surface area contributed by atoms with Crippen molar-refractivity contribution in [2.45, 2.75) is 19.1 Å². The number of amides is 1. The Morgan fingerprint density at radius 1 is 1.27 bits per heavy atom. The van der Waals surface area contributed by atoms with Crippen LogP contribution in [0.5, 0.6) is 0 Å². The maximum atomic E-state index is 12.6. The van der Waals surface area contributed by atoms with Gasteiger partial charge in [0, 0.05) is 29.8 Å². The molecule has 0 atom stereocenters. The van der Waals surface area contributed by atoms with Gasteiger partial charge in [0.1, 0.15) is 0 Å². The van der Waals surface area contributed by atoms with Crippen LogP contribution in [-0.4, -0.2) is 26.9 Å². The molecule has 1 aliphatic heterocycles. The van der Waals surface area contributed by atoms with Gasteiger partial charge in [-0.2, -0.15) is 18.3 Å². The van der Waals surface area contributed by atoms with Gasteiger partial charge in [0.25, 0.3) is 5.24 Å². The van der Waals surface area contributed by atoms with Crippen LogP contribution in [0.4, 0.5) is 18.0 Å². The molecule has 4 nitrogen and oxygen atoms in total. The second-order valence-corrected chi connectivity index (χ2v) is 5.44. The Morgan fingerprint density at radius 3 is 2.55 bits per heavy atom. The highest BCUT2D eigenvalue weighted by molar-refractivity contribution is 7.96. The highest BCUT2D eigenvalue weighted by atomic mass is 32.1. The van der Waals surface area contributed by atoms with Crippen LogP contribution in [-0.2, 0) is 19.1 Å². The van der Waals surface area contributed by atoms with Crippen molar-refractivity contribution in [3.8, 4) is 11.3 Å². The number of nitrogens with zero attached hydrogens (tertiary/aromatic N) is 2. The van der Waals surface area contributed by atoms with E-state index >= 15 is 0 Å². The number of hydrogen-bond donors (Lipinski definition) is 2. The zero-order valence-electron chi connectivity index (χ0n) is 11.3. The number of aromatic amines is 1. The van der Waals surface area contributed by atoms with Crippen molar-refractivity contribution in [2.75, 3.05) is 6.54 Å². The fraction of sp³-hybridized carbons (Fsp3) is 0.286. The standard InChI is InChI=1S/C14H12F3N3OS/c15-14(16,17)9-3-1-8(2-4-9)12-10-7-20(13(21)22)6-5-11(10)18-19-12/h1-4H,5-7H2,(H,18,19)(H,21,22). The maximum absolute atomic E-state index is 12.6. The van der Waals surface area contributed by atoms with Crippen LogP contribution < -0.4 is 0 Å². The SMILES string of the molecule is O=C(S)N1CCc2[nH]nc(-c3ccc(C(F)(F)F)cc3)c2C1. The third kappa shape index (κ3) is 2.70. The molecule has 0 radical (unpaired) electrons. The van der Waals surface area contributed by atoms with Gasteiger partial charge < -0.3 is 4.90 Å². The molecule has 22 heavy (non-hydrogen) atoms. The number of benzene rings is 1. The average Bonchev–Trinajstić information content (AvgIpc) is 2.89. The first-order valence-corrected chi connectivity index (χ1v) is 7.02. The minimum atomic E-state index is -4.36. The van der Waals surface area contributed by atoms with E-state index in [1.54, 1.807) is 4.90 Å². The summed E-state index contributed by atoms with van der Waals surface area (Å²) in [4.78, 5) is 12.9. The molecular weight excluding hydrogens is 315 g/mol. The smallest absolute Gasteiger partial charge is 0.329 e. The molecule has 0 saturated carbocycles. The number of fused-ring (bicyclic) bond motifs is 1. The summed E-state index contributed by atoms with van der Waals surface area (Å²) in [7, 11) is 0.